The zero-order valence-corrected chi connectivity index (χ0v) is 13.6. The molecule has 0 unspecified atom stereocenters. The standard InChI is InChI=1S/C12H12Cl2IN3/c1-7-12(14)11(18(2)17-7)6-16-10-4-3-8(13)5-9(10)15/h3-5,16H,6H2,1-2H3. The molecule has 0 saturated carbocycles. The molecule has 0 atom stereocenters. The van der Waals surface area contributed by atoms with Crippen molar-refractivity contribution in [2.45, 2.75) is 13.5 Å². The molecule has 0 aliphatic carbocycles. The summed E-state index contributed by atoms with van der Waals surface area (Å²) in [7, 11) is 1.89. The first kappa shape index (κ1) is 14.0. The van der Waals surface area contributed by atoms with Crippen molar-refractivity contribution in [1.82, 2.24) is 9.78 Å². The van der Waals surface area contributed by atoms with Crippen molar-refractivity contribution in [3.05, 3.63) is 43.2 Å². The van der Waals surface area contributed by atoms with Gasteiger partial charge in [0.05, 0.1) is 23.0 Å². The molecule has 1 heterocycles. The SMILES string of the molecule is Cc1nn(C)c(CNc2ccc(Cl)cc2I)c1Cl. The van der Waals surface area contributed by atoms with Crippen LogP contribution in [0.3, 0.4) is 0 Å². The predicted octanol–water partition coefficient (Wildman–Crippen LogP) is 4.25. The Morgan fingerprint density at radius 2 is 2.11 bits per heavy atom. The molecule has 0 saturated heterocycles. The summed E-state index contributed by atoms with van der Waals surface area (Å²) >= 11 is 14.4. The fourth-order valence-corrected chi connectivity index (χ4v) is 2.97. The third-order valence-corrected chi connectivity index (χ3v) is 4.26. The summed E-state index contributed by atoms with van der Waals surface area (Å²) < 4.78 is 2.88. The second-order valence-electron chi connectivity index (χ2n) is 3.95. The third kappa shape index (κ3) is 2.92. The molecule has 0 radical (unpaired) electrons. The van der Waals surface area contributed by atoms with Crippen molar-refractivity contribution in [3.63, 3.8) is 0 Å². The van der Waals surface area contributed by atoms with Gasteiger partial charge in [0.2, 0.25) is 0 Å². The van der Waals surface area contributed by atoms with E-state index in [0.717, 1.165) is 25.7 Å². The summed E-state index contributed by atoms with van der Waals surface area (Å²) in [6, 6.07) is 5.74. The molecule has 1 aromatic carbocycles. The summed E-state index contributed by atoms with van der Waals surface area (Å²) in [4.78, 5) is 0. The molecule has 0 bridgehead atoms. The van der Waals surface area contributed by atoms with E-state index in [0.29, 0.717) is 11.6 Å². The first-order chi connectivity index (χ1) is 8.49. The molecule has 0 aliphatic rings. The minimum atomic E-state index is 0.633. The summed E-state index contributed by atoms with van der Waals surface area (Å²) in [5, 5.41) is 9.07. The first-order valence-corrected chi connectivity index (χ1v) is 7.19. The number of aromatic nitrogens is 2. The van der Waals surface area contributed by atoms with Crippen LogP contribution in [0.4, 0.5) is 5.69 Å². The summed E-state index contributed by atoms with van der Waals surface area (Å²) in [5.41, 5.74) is 2.86. The third-order valence-electron chi connectivity index (χ3n) is 2.64. The van der Waals surface area contributed by atoms with Gasteiger partial charge in [-0.2, -0.15) is 5.10 Å². The van der Waals surface area contributed by atoms with Gasteiger partial charge in [-0.25, -0.2) is 0 Å². The number of anilines is 1. The van der Waals surface area contributed by atoms with Gasteiger partial charge in [0.15, 0.2) is 0 Å². The number of nitrogens with zero attached hydrogens (tertiary/aromatic N) is 2. The Bertz CT molecular complexity index is 581. The van der Waals surface area contributed by atoms with E-state index in [2.05, 4.69) is 33.0 Å². The minimum Gasteiger partial charge on any atom is -0.378 e. The molecule has 1 aromatic heterocycles. The van der Waals surface area contributed by atoms with Gasteiger partial charge in [0.1, 0.15) is 0 Å². The molecule has 0 fully saturated rings. The first-order valence-electron chi connectivity index (χ1n) is 5.36. The number of hydrogen-bond acceptors (Lipinski definition) is 2. The molecule has 3 nitrogen and oxygen atoms in total. The molecular weight excluding hydrogens is 384 g/mol. The zero-order chi connectivity index (χ0) is 13.3. The Morgan fingerprint density at radius 3 is 2.67 bits per heavy atom. The van der Waals surface area contributed by atoms with Crippen LogP contribution in [-0.4, -0.2) is 9.78 Å². The van der Waals surface area contributed by atoms with Crippen LogP contribution >= 0.6 is 45.8 Å². The van der Waals surface area contributed by atoms with Gasteiger partial charge in [-0.3, -0.25) is 4.68 Å². The lowest BCUT2D eigenvalue weighted by Crippen LogP contribution is -2.06. The minimum absolute atomic E-state index is 0.633. The topological polar surface area (TPSA) is 29.9 Å². The van der Waals surface area contributed by atoms with E-state index < -0.39 is 0 Å². The van der Waals surface area contributed by atoms with Crippen LogP contribution in [0.5, 0.6) is 0 Å². The highest BCUT2D eigenvalue weighted by atomic mass is 127. The van der Waals surface area contributed by atoms with Crippen molar-refractivity contribution < 1.29 is 0 Å². The molecule has 18 heavy (non-hydrogen) atoms. The number of nitrogens with one attached hydrogen (secondary N) is 1. The average Bonchev–Trinajstić information content (AvgIpc) is 2.53. The smallest absolute Gasteiger partial charge is 0.0865 e. The van der Waals surface area contributed by atoms with Crippen molar-refractivity contribution in [2.75, 3.05) is 5.32 Å². The van der Waals surface area contributed by atoms with E-state index in [1.165, 1.54) is 0 Å². The molecule has 2 aromatic rings. The number of aryl methyl sites for hydroxylation is 2. The highest BCUT2D eigenvalue weighted by molar-refractivity contribution is 14.1. The van der Waals surface area contributed by atoms with E-state index in [-0.39, 0.29) is 0 Å². The van der Waals surface area contributed by atoms with Crippen LogP contribution < -0.4 is 5.32 Å². The van der Waals surface area contributed by atoms with Gasteiger partial charge < -0.3 is 5.32 Å². The van der Waals surface area contributed by atoms with Crippen molar-refractivity contribution in [3.8, 4) is 0 Å². The van der Waals surface area contributed by atoms with Crippen LogP contribution in [0, 0.1) is 10.5 Å². The van der Waals surface area contributed by atoms with Crippen LogP contribution in [-0.2, 0) is 13.6 Å². The molecule has 96 valence electrons. The van der Waals surface area contributed by atoms with Crippen molar-refractivity contribution in [1.29, 1.82) is 0 Å². The largest absolute Gasteiger partial charge is 0.378 e. The van der Waals surface area contributed by atoms with Gasteiger partial charge >= 0.3 is 0 Å². The lowest BCUT2D eigenvalue weighted by atomic mass is 10.3. The molecular formula is C12H12Cl2IN3. The van der Waals surface area contributed by atoms with E-state index in [9.17, 15) is 0 Å². The van der Waals surface area contributed by atoms with E-state index in [1.807, 2.05) is 32.2 Å². The lowest BCUT2D eigenvalue weighted by Gasteiger charge is -2.09. The Balaban J connectivity index is 2.16. The number of halogens is 3. The highest BCUT2D eigenvalue weighted by Gasteiger charge is 2.11. The Hall–Kier alpha value is -0.460. The highest BCUT2D eigenvalue weighted by Crippen LogP contribution is 2.24. The maximum absolute atomic E-state index is 6.20. The van der Waals surface area contributed by atoms with E-state index in [4.69, 9.17) is 23.2 Å². The van der Waals surface area contributed by atoms with Crippen LogP contribution in [0.25, 0.3) is 0 Å². The summed E-state index contributed by atoms with van der Waals surface area (Å²) in [6.07, 6.45) is 0. The van der Waals surface area contributed by atoms with Crippen LogP contribution in [0.1, 0.15) is 11.4 Å². The van der Waals surface area contributed by atoms with Gasteiger partial charge in [0, 0.05) is 21.3 Å². The normalized spacial score (nSPS) is 10.7. The van der Waals surface area contributed by atoms with Gasteiger partial charge in [-0.15, -0.1) is 0 Å². The average molecular weight is 396 g/mol. The second-order valence-corrected chi connectivity index (χ2v) is 5.92. The van der Waals surface area contributed by atoms with E-state index >= 15 is 0 Å². The molecule has 0 aliphatic heterocycles. The maximum Gasteiger partial charge on any atom is 0.0865 e. The van der Waals surface area contributed by atoms with E-state index in [1.54, 1.807) is 4.68 Å². The summed E-state index contributed by atoms with van der Waals surface area (Å²) in [5.74, 6) is 0. The fourth-order valence-electron chi connectivity index (χ4n) is 1.68. The monoisotopic (exact) mass is 395 g/mol. The Morgan fingerprint density at radius 1 is 1.39 bits per heavy atom. The molecule has 6 heteroatoms. The Labute approximate surface area is 130 Å². The number of benzene rings is 1. The van der Waals surface area contributed by atoms with Gasteiger partial charge in [0.25, 0.3) is 0 Å². The fraction of sp³-hybridized carbons (Fsp3) is 0.250. The molecule has 1 N–H and O–H groups in total. The van der Waals surface area contributed by atoms with Crippen molar-refractivity contribution in [2.24, 2.45) is 7.05 Å². The number of rotatable bonds is 3. The second kappa shape index (κ2) is 5.67. The lowest BCUT2D eigenvalue weighted by molar-refractivity contribution is 0.713. The van der Waals surface area contributed by atoms with Gasteiger partial charge in [-0.1, -0.05) is 23.2 Å². The van der Waals surface area contributed by atoms with Crippen molar-refractivity contribution >= 4 is 51.5 Å². The quantitative estimate of drug-likeness (QED) is 0.787. The maximum atomic E-state index is 6.20. The van der Waals surface area contributed by atoms with Crippen LogP contribution in [0.15, 0.2) is 18.2 Å². The molecule has 2 rings (SSSR count). The molecule has 0 amide bonds. The summed E-state index contributed by atoms with van der Waals surface area (Å²) in [6.45, 7) is 2.53. The van der Waals surface area contributed by atoms with Crippen LogP contribution in [0.2, 0.25) is 10.0 Å². The Kier molecular flexibility index (Phi) is 4.40. The predicted molar refractivity (Wildman–Crippen MR) is 84.5 cm³/mol. The number of hydrogen-bond donors (Lipinski definition) is 1. The molecule has 0 spiro atoms. The zero-order valence-electron chi connectivity index (χ0n) is 9.97. The van der Waals surface area contributed by atoms with Gasteiger partial charge in [-0.05, 0) is 47.7 Å².